The first-order chi connectivity index (χ1) is 10.8. The highest BCUT2D eigenvalue weighted by Gasteiger charge is 2.54. The first-order valence-electron chi connectivity index (χ1n) is 7.11. The molecule has 0 spiro atoms. The first-order valence-corrected chi connectivity index (χ1v) is 7.11. The van der Waals surface area contributed by atoms with Gasteiger partial charge in [0.15, 0.2) is 0 Å². The van der Waals surface area contributed by atoms with Crippen molar-refractivity contribution in [2.24, 2.45) is 12.0 Å². The van der Waals surface area contributed by atoms with Gasteiger partial charge < -0.3 is 4.74 Å². The number of hydrogen-bond acceptors (Lipinski definition) is 5. The third-order valence-electron chi connectivity index (χ3n) is 4.50. The van der Waals surface area contributed by atoms with E-state index in [0.717, 1.165) is 16.3 Å². The Kier molecular flexibility index (Phi) is 3.24. The van der Waals surface area contributed by atoms with Gasteiger partial charge in [-0.1, -0.05) is 4.99 Å². The molecule has 1 aromatic heterocycles. The van der Waals surface area contributed by atoms with Crippen LogP contribution in [0.4, 0.5) is 10.7 Å². The molecule has 3 rings (SSSR count). The number of fused-ring (bicyclic) bond motifs is 3. The number of methoxy groups -OCH3 is 1. The van der Waals surface area contributed by atoms with Crippen LogP contribution in [0.2, 0.25) is 0 Å². The molecule has 0 aromatic carbocycles. The zero-order valence-electron chi connectivity index (χ0n) is 13.7. The fourth-order valence-corrected chi connectivity index (χ4v) is 2.94. The van der Waals surface area contributed by atoms with Crippen LogP contribution < -0.4 is 4.57 Å². The van der Waals surface area contributed by atoms with Crippen LogP contribution in [0.5, 0.6) is 0 Å². The van der Waals surface area contributed by atoms with Crippen LogP contribution >= 0.6 is 0 Å². The number of aromatic nitrogens is 2. The van der Waals surface area contributed by atoms with Gasteiger partial charge in [0.2, 0.25) is 11.9 Å². The maximum absolute atomic E-state index is 12.8. The number of nitrogens with zero attached hydrogens (tertiary/aromatic N) is 5. The van der Waals surface area contributed by atoms with Crippen LogP contribution in [0.3, 0.4) is 0 Å². The molecule has 9 heteroatoms. The number of amides is 3. The van der Waals surface area contributed by atoms with E-state index in [1.807, 2.05) is 25.5 Å². The van der Waals surface area contributed by atoms with E-state index in [0.29, 0.717) is 11.8 Å². The second-order valence-electron chi connectivity index (χ2n) is 5.61. The lowest BCUT2D eigenvalue weighted by Crippen LogP contribution is -2.58. The van der Waals surface area contributed by atoms with Crippen molar-refractivity contribution in [3.63, 3.8) is 0 Å². The Morgan fingerprint density at radius 3 is 2.61 bits per heavy atom. The van der Waals surface area contributed by atoms with E-state index in [2.05, 4.69) is 9.73 Å². The average molecular weight is 320 g/mol. The number of imidazole rings is 1. The molecule has 2 aliphatic heterocycles. The number of hydrogen-bond donors (Lipinski definition) is 0. The number of urea groups is 1. The topological polar surface area (TPSA) is 88.1 Å². The molecule has 0 bridgehead atoms. The number of ether oxygens (including phenoxy) is 1. The first kappa shape index (κ1) is 15.2. The molecule has 0 aliphatic carbocycles. The van der Waals surface area contributed by atoms with Crippen molar-refractivity contribution < 1.29 is 23.7 Å². The Morgan fingerprint density at radius 2 is 2.00 bits per heavy atom. The van der Waals surface area contributed by atoms with Gasteiger partial charge >= 0.3 is 17.9 Å². The second-order valence-corrected chi connectivity index (χ2v) is 5.61. The van der Waals surface area contributed by atoms with E-state index in [9.17, 15) is 14.4 Å². The molecule has 1 fully saturated rings. The monoisotopic (exact) mass is 320 g/mol. The van der Waals surface area contributed by atoms with Crippen molar-refractivity contribution >= 4 is 29.7 Å². The van der Waals surface area contributed by atoms with Gasteiger partial charge in [0, 0.05) is 7.05 Å². The van der Waals surface area contributed by atoms with E-state index in [1.165, 1.54) is 12.0 Å². The van der Waals surface area contributed by atoms with Crippen molar-refractivity contribution in [1.29, 1.82) is 0 Å². The molecule has 2 aliphatic rings. The Labute approximate surface area is 132 Å². The smallest absolute Gasteiger partial charge is 0.401 e. The summed E-state index contributed by atoms with van der Waals surface area (Å²) < 4.78 is 8.23. The second kappa shape index (κ2) is 4.90. The standard InChI is InChI=1S/C14H18N5O4/c1-7-8(2)19-10-11(15-13(19)16(7)3)17(4)14(22)18(12(10)21)6-9(20)23-5/h10H,6H2,1-5H3/q+1. The van der Waals surface area contributed by atoms with Crippen LogP contribution in [0.25, 0.3) is 0 Å². The maximum Gasteiger partial charge on any atom is 0.401 e. The lowest BCUT2D eigenvalue weighted by atomic mass is 10.1. The van der Waals surface area contributed by atoms with Crippen molar-refractivity contribution in [2.75, 3.05) is 20.7 Å². The molecule has 23 heavy (non-hydrogen) atoms. The van der Waals surface area contributed by atoms with E-state index in [1.54, 1.807) is 11.6 Å². The van der Waals surface area contributed by atoms with Gasteiger partial charge in [0.25, 0.3) is 5.91 Å². The Bertz CT molecular complexity index is 779. The Balaban J connectivity index is 2.09. The molecular weight excluding hydrogens is 302 g/mol. The average Bonchev–Trinajstić information content (AvgIpc) is 3.02. The summed E-state index contributed by atoms with van der Waals surface area (Å²) in [7, 11) is 4.61. The van der Waals surface area contributed by atoms with Crippen molar-refractivity contribution in [1.82, 2.24) is 14.4 Å². The van der Waals surface area contributed by atoms with Crippen LogP contribution in [-0.2, 0) is 21.4 Å². The van der Waals surface area contributed by atoms with Crippen LogP contribution in [-0.4, -0.2) is 58.8 Å². The molecular formula is C14H18N5O4+. The van der Waals surface area contributed by atoms with Crippen molar-refractivity contribution in [3.05, 3.63) is 11.4 Å². The Hall–Kier alpha value is -2.71. The predicted octanol–water partition coefficient (Wildman–Crippen LogP) is -0.419. The lowest BCUT2D eigenvalue weighted by Gasteiger charge is -2.32. The summed E-state index contributed by atoms with van der Waals surface area (Å²) >= 11 is 0. The highest BCUT2D eigenvalue weighted by molar-refractivity contribution is 6.21. The van der Waals surface area contributed by atoms with Gasteiger partial charge in [-0.05, 0) is 13.8 Å². The molecule has 1 aromatic rings. The lowest BCUT2D eigenvalue weighted by molar-refractivity contribution is -0.663. The number of carbonyl (C=O) groups excluding carboxylic acids is 3. The summed E-state index contributed by atoms with van der Waals surface area (Å²) in [5.41, 5.74) is 1.87. The number of esters is 1. The largest absolute Gasteiger partial charge is 0.468 e. The molecule has 0 saturated carbocycles. The molecule has 122 valence electrons. The van der Waals surface area contributed by atoms with Gasteiger partial charge in [-0.3, -0.25) is 14.5 Å². The zero-order valence-corrected chi connectivity index (χ0v) is 13.7. The fraction of sp³-hybridized carbons (Fsp3) is 0.500. The van der Waals surface area contributed by atoms with Gasteiger partial charge in [-0.15, -0.1) is 0 Å². The van der Waals surface area contributed by atoms with Gasteiger partial charge in [-0.2, -0.15) is 0 Å². The summed E-state index contributed by atoms with van der Waals surface area (Å²) in [6.07, 6.45) is 0. The Morgan fingerprint density at radius 1 is 1.35 bits per heavy atom. The summed E-state index contributed by atoms with van der Waals surface area (Å²) in [4.78, 5) is 43.3. The normalized spacial score (nSPS) is 19.7. The number of carbonyl (C=O) groups is 3. The minimum absolute atomic E-state index is 0.370. The van der Waals surface area contributed by atoms with Crippen LogP contribution in [0, 0.1) is 13.8 Å². The SMILES string of the molecule is COC(=O)CN1C(=O)C2C(=Nc3n2c(C)c(C)[n+]3C)N(C)C1=O. The number of aliphatic imine (C=N–C) groups is 1. The minimum Gasteiger partial charge on any atom is -0.468 e. The van der Waals surface area contributed by atoms with Gasteiger partial charge in [0.1, 0.15) is 17.9 Å². The summed E-state index contributed by atoms with van der Waals surface area (Å²) in [6, 6.07) is -1.32. The van der Waals surface area contributed by atoms with E-state index < -0.39 is 30.5 Å². The third-order valence-corrected chi connectivity index (χ3v) is 4.50. The van der Waals surface area contributed by atoms with Crippen molar-refractivity contribution in [2.45, 2.75) is 19.9 Å². The van der Waals surface area contributed by atoms with Gasteiger partial charge in [-0.25, -0.2) is 18.8 Å². The molecule has 3 heterocycles. The molecule has 9 nitrogen and oxygen atoms in total. The predicted molar refractivity (Wildman–Crippen MR) is 78.1 cm³/mol. The molecule has 1 unspecified atom stereocenters. The molecule has 1 atom stereocenters. The molecule has 3 amide bonds. The van der Waals surface area contributed by atoms with Crippen LogP contribution in [0.1, 0.15) is 17.4 Å². The summed E-state index contributed by atoms with van der Waals surface area (Å²) in [6.45, 7) is 3.42. The quantitative estimate of drug-likeness (QED) is 0.547. The number of amidine groups is 1. The molecule has 0 N–H and O–H groups in total. The maximum atomic E-state index is 12.8. The zero-order chi connectivity index (χ0) is 17.0. The number of imide groups is 1. The van der Waals surface area contributed by atoms with E-state index in [-0.39, 0.29) is 0 Å². The minimum atomic E-state index is -0.739. The van der Waals surface area contributed by atoms with Crippen LogP contribution in [0.15, 0.2) is 4.99 Å². The third kappa shape index (κ3) is 1.89. The van der Waals surface area contributed by atoms with E-state index >= 15 is 0 Å². The molecule has 1 saturated heterocycles. The number of likely N-dealkylation sites (N-methyl/N-ethyl adjacent to an activating group) is 1. The summed E-state index contributed by atoms with van der Waals surface area (Å²) in [5.74, 6) is -0.151. The highest BCUT2D eigenvalue weighted by Crippen LogP contribution is 2.34. The van der Waals surface area contributed by atoms with E-state index in [4.69, 9.17) is 0 Å². The highest BCUT2D eigenvalue weighted by atomic mass is 16.5. The van der Waals surface area contributed by atoms with Crippen molar-refractivity contribution in [3.8, 4) is 0 Å². The summed E-state index contributed by atoms with van der Waals surface area (Å²) in [5, 5.41) is 0. The van der Waals surface area contributed by atoms with Gasteiger partial charge in [0.05, 0.1) is 14.2 Å². The fourth-order valence-electron chi connectivity index (χ4n) is 2.94. The number of rotatable bonds is 2. The molecule has 0 radical (unpaired) electrons.